The lowest BCUT2D eigenvalue weighted by atomic mass is 9.97. The van der Waals surface area contributed by atoms with Crippen LogP contribution in [0.5, 0.6) is 0 Å². The van der Waals surface area contributed by atoms with E-state index in [0.29, 0.717) is 0 Å². The molecule has 0 atom stereocenters. The smallest absolute Gasteiger partial charge is 0.181 e. The Hall–Kier alpha value is -1.55. The Labute approximate surface area is 107 Å². The minimum atomic E-state index is 0.793. The molecule has 1 aromatic heterocycles. The molecule has 0 spiro atoms. The summed E-state index contributed by atoms with van der Waals surface area (Å²) in [6.07, 6.45) is 4.05. The van der Waals surface area contributed by atoms with E-state index in [-0.39, 0.29) is 0 Å². The summed E-state index contributed by atoms with van der Waals surface area (Å²) in [4.78, 5) is 6.46. The fourth-order valence-electron chi connectivity index (χ4n) is 2.64. The van der Waals surface area contributed by atoms with Gasteiger partial charge in [0.2, 0.25) is 0 Å². The molecule has 4 heteroatoms. The van der Waals surface area contributed by atoms with Crippen molar-refractivity contribution in [1.82, 2.24) is 10.3 Å². The van der Waals surface area contributed by atoms with Crippen LogP contribution in [0.2, 0.25) is 0 Å². The number of benzene rings is 1. The molecular weight excluding hydrogens is 226 g/mol. The van der Waals surface area contributed by atoms with Gasteiger partial charge < -0.3 is 14.6 Å². The third kappa shape index (κ3) is 2.34. The van der Waals surface area contributed by atoms with Gasteiger partial charge in [0.05, 0.1) is 0 Å². The predicted octanol–water partition coefficient (Wildman–Crippen LogP) is 2.26. The first-order chi connectivity index (χ1) is 8.83. The number of oxazole rings is 1. The summed E-state index contributed by atoms with van der Waals surface area (Å²) in [7, 11) is 2.15. The quantitative estimate of drug-likeness (QED) is 0.900. The van der Waals surface area contributed by atoms with E-state index in [2.05, 4.69) is 34.4 Å². The molecule has 2 aromatic rings. The molecular formula is C14H19N3O. The monoisotopic (exact) mass is 245 g/mol. The molecule has 0 saturated carbocycles. The largest absolute Gasteiger partial charge is 0.443 e. The summed E-state index contributed by atoms with van der Waals surface area (Å²) in [5.74, 6) is 0.793. The van der Waals surface area contributed by atoms with E-state index in [0.717, 1.165) is 36.7 Å². The second-order valence-electron chi connectivity index (χ2n) is 5.08. The van der Waals surface area contributed by atoms with E-state index in [1.165, 1.54) is 24.9 Å². The molecule has 0 aliphatic carbocycles. The van der Waals surface area contributed by atoms with Crippen LogP contribution in [0.4, 0.5) is 5.69 Å². The Morgan fingerprint density at radius 3 is 3.06 bits per heavy atom. The van der Waals surface area contributed by atoms with Crippen LogP contribution in [0.1, 0.15) is 12.8 Å². The van der Waals surface area contributed by atoms with Gasteiger partial charge in [0.15, 0.2) is 12.0 Å². The maximum atomic E-state index is 5.35. The molecule has 1 saturated heterocycles. The van der Waals surface area contributed by atoms with Crippen LogP contribution in [0.3, 0.4) is 0 Å². The van der Waals surface area contributed by atoms with Gasteiger partial charge >= 0.3 is 0 Å². The van der Waals surface area contributed by atoms with Gasteiger partial charge in [0.1, 0.15) is 5.52 Å². The molecule has 0 unspecified atom stereocenters. The summed E-state index contributed by atoms with van der Waals surface area (Å²) in [6, 6.07) is 6.21. The summed E-state index contributed by atoms with van der Waals surface area (Å²) in [5, 5.41) is 3.41. The molecule has 0 radical (unpaired) electrons. The Kier molecular flexibility index (Phi) is 3.19. The van der Waals surface area contributed by atoms with E-state index >= 15 is 0 Å². The summed E-state index contributed by atoms with van der Waals surface area (Å²) in [5.41, 5.74) is 3.00. The Morgan fingerprint density at radius 1 is 1.39 bits per heavy atom. The lowest BCUT2D eigenvalue weighted by Gasteiger charge is -2.28. The van der Waals surface area contributed by atoms with Gasteiger partial charge in [-0.1, -0.05) is 0 Å². The number of aromatic nitrogens is 1. The van der Waals surface area contributed by atoms with Gasteiger partial charge in [-0.05, 0) is 44.0 Å². The van der Waals surface area contributed by atoms with Crippen LogP contribution in [-0.4, -0.2) is 31.7 Å². The first-order valence-corrected chi connectivity index (χ1v) is 6.58. The number of rotatable bonds is 3. The van der Waals surface area contributed by atoms with Crippen LogP contribution in [0.25, 0.3) is 11.1 Å². The van der Waals surface area contributed by atoms with Crippen molar-refractivity contribution in [1.29, 1.82) is 0 Å². The van der Waals surface area contributed by atoms with Gasteiger partial charge in [-0.3, -0.25) is 0 Å². The van der Waals surface area contributed by atoms with E-state index in [1.54, 1.807) is 0 Å². The normalized spacial score (nSPS) is 17.2. The van der Waals surface area contributed by atoms with Crippen LogP contribution < -0.4 is 10.2 Å². The van der Waals surface area contributed by atoms with Crippen molar-refractivity contribution >= 4 is 16.8 Å². The number of fused-ring (bicyclic) bond motifs is 1. The highest BCUT2D eigenvalue weighted by molar-refractivity contribution is 5.76. The van der Waals surface area contributed by atoms with Gasteiger partial charge in [0, 0.05) is 25.3 Å². The second kappa shape index (κ2) is 4.98. The predicted molar refractivity (Wildman–Crippen MR) is 72.9 cm³/mol. The summed E-state index contributed by atoms with van der Waals surface area (Å²) < 4.78 is 5.35. The number of nitrogens with one attached hydrogen (secondary N) is 1. The number of hydrogen-bond acceptors (Lipinski definition) is 4. The Bertz CT molecular complexity index is 516. The van der Waals surface area contributed by atoms with Crippen molar-refractivity contribution in [3.8, 4) is 0 Å². The van der Waals surface area contributed by atoms with Crippen molar-refractivity contribution in [2.75, 3.05) is 31.6 Å². The van der Waals surface area contributed by atoms with E-state index in [1.807, 2.05) is 6.07 Å². The molecule has 1 aromatic carbocycles. The highest BCUT2D eigenvalue weighted by atomic mass is 16.3. The standard InChI is InChI=1S/C14H19N3O/c1-17(9-11-4-6-15-7-5-11)12-2-3-13-14(8-12)18-10-16-13/h2-3,8,10-11,15H,4-7,9H2,1H3. The third-order valence-corrected chi connectivity index (χ3v) is 3.75. The molecule has 4 nitrogen and oxygen atoms in total. The van der Waals surface area contributed by atoms with E-state index in [4.69, 9.17) is 4.42 Å². The van der Waals surface area contributed by atoms with Crippen LogP contribution in [-0.2, 0) is 0 Å². The van der Waals surface area contributed by atoms with Gasteiger partial charge in [0.25, 0.3) is 0 Å². The lowest BCUT2D eigenvalue weighted by Crippen LogP contribution is -2.34. The number of anilines is 1. The van der Waals surface area contributed by atoms with Gasteiger partial charge in [-0.15, -0.1) is 0 Å². The second-order valence-corrected chi connectivity index (χ2v) is 5.08. The molecule has 0 bridgehead atoms. The van der Waals surface area contributed by atoms with Crippen LogP contribution in [0.15, 0.2) is 29.0 Å². The maximum absolute atomic E-state index is 5.35. The zero-order chi connectivity index (χ0) is 12.4. The van der Waals surface area contributed by atoms with Crippen LogP contribution >= 0.6 is 0 Å². The number of hydrogen-bond donors (Lipinski definition) is 1. The van der Waals surface area contributed by atoms with E-state index in [9.17, 15) is 0 Å². The first kappa shape index (κ1) is 11.5. The van der Waals surface area contributed by atoms with Crippen molar-refractivity contribution in [2.45, 2.75) is 12.8 Å². The molecule has 1 aliphatic heterocycles. The van der Waals surface area contributed by atoms with E-state index < -0.39 is 0 Å². The van der Waals surface area contributed by atoms with Crippen molar-refractivity contribution in [3.63, 3.8) is 0 Å². The molecule has 1 aliphatic rings. The Balaban J connectivity index is 1.72. The average molecular weight is 245 g/mol. The molecule has 1 N–H and O–H groups in total. The van der Waals surface area contributed by atoms with Crippen LogP contribution in [0, 0.1) is 5.92 Å². The fourth-order valence-corrected chi connectivity index (χ4v) is 2.64. The van der Waals surface area contributed by atoms with Crippen molar-refractivity contribution in [3.05, 3.63) is 24.6 Å². The van der Waals surface area contributed by atoms with Gasteiger partial charge in [-0.2, -0.15) is 0 Å². The molecule has 1 fully saturated rings. The summed E-state index contributed by atoms with van der Waals surface area (Å²) in [6.45, 7) is 3.42. The molecule has 18 heavy (non-hydrogen) atoms. The van der Waals surface area contributed by atoms with Crippen molar-refractivity contribution in [2.24, 2.45) is 5.92 Å². The molecule has 96 valence electrons. The highest BCUT2D eigenvalue weighted by Gasteiger charge is 2.15. The Morgan fingerprint density at radius 2 is 2.22 bits per heavy atom. The SMILES string of the molecule is CN(CC1CCNCC1)c1ccc2ncoc2c1. The molecule has 3 rings (SSSR count). The fraction of sp³-hybridized carbons (Fsp3) is 0.500. The average Bonchev–Trinajstić information content (AvgIpc) is 2.87. The topological polar surface area (TPSA) is 41.3 Å². The maximum Gasteiger partial charge on any atom is 0.181 e. The zero-order valence-corrected chi connectivity index (χ0v) is 10.7. The highest BCUT2D eigenvalue weighted by Crippen LogP contribution is 2.22. The molecule has 0 amide bonds. The molecule has 2 heterocycles. The third-order valence-electron chi connectivity index (χ3n) is 3.75. The zero-order valence-electron chi connectivity index (χ0n) is 10.7. The van der Waals surface area contributed by atoms with Gasteiger partial charge in [-0.25, -0.2) is 4.98 Å². The minimum absolute atomic E-state index is 0.793. The number of piperidine rings is 1. The minimum Gasteiger partial charge on any atom is -0.443 e. The number of nitrogens with zero attached hydrogens (tertiary/aromatic N) is 2. The summed E-state index contributed by atoms with van der Waals surface area (Å²) >= 11 is 0. The first-order valence-electron chi connectivity index (χ1n) is 6.58. The lowest BCUT2D eigenvalue weighted by molar-refractivity contribution is 0.378. The van der Waals surface area contributed by atoms with Crippen molar-refractivity contribution < 1.29 is 4.42 Å².